The van der Waals surface area contributed by atoms with Gasteiger partial charge >= 0.3 is 0 Å². The van der Waals surface area contributed by atoms with E-state index in [1.54, 1.807) is 36.4 Å². The lowest BCUT2D eigenvalue weighted by Crippen LogP contribution is -3.00. The number of rotatable bonds is 13. The second-order valence-electron chi connectivity index (χ2n) is 9.20. The first-order valence-corrected chi connectivity index (χ1v) is 14.2. The van der Waals surface area contributed by atoms with Crippen LogP contribution in [0, 0.1) is 10.1 Å². The number of halogens is 5. The number of nitro benzene ring substituents is 1. The van der Waals surface area contributed by atoms with Crippen LogP contribution in [0.4, 0.5) is 5.69 Å². The number of aromatic nitrogens is 2. The zero-order valence-electron chi connectivity index (χ0n) is 22.1. The second kappa shape index (κ2) is 15.8. The highest BCUT2D eigenvalue weighted by molar-refractivity contribution is 6.36. The molecule has 0 fully saturated rings. The molecule has 4 rings (SSSR count). The van der Waals surface area contributed by atoms with Crippen LogP contribution in [0.1, 0.15) is 42.6 Å². The number of benzene rings is 3. The van der Waals surface area contributed by atoms with E-state index in [0.29, 0.717) is 51.1 Å². The Morgan fingerprint density at radius 2 is 1.78 bits per heavy atom. The van der Waals surface area contributed by atoms with E-state index in [-0.39, 0.29) is 29.3 Å². The lowest BCUT2D eigenvalue weighted by molar-refractivity contribution is -0.687. The van der Waals surface area contributed by atoms with E-state index in [1.165, 1.54) is 12.1 Å². The normalized spacial score (nSPS) is 11.6. The van der Waals surface area contributed by atoms with Crippen LogP contribution < -0.4 is 26.3 Å². The van der Waals surface area contributed by atoms with Crippen LogP contribution in [0.25, 0.3) is 0 Å². The minimum absolute atomic E-state index is 0. The Labute approximate surface area is 269 Å². The van der Waals surface area contributed by atoms with Gasteiger partial charge in [-0.1, -0.05) is 71.9 Å². The van der Waals surface area contributed by atoms with E-state index in [4.69, 9.17) is 55.9 Å². The summed E-state index contributed by atoms with van der Waals surface area (Å²) in [6.45, 7) is 3.65. The molecule has 0 aliphatic heterocycles. The number of hydrogen-bond acceptors (Lipinski definition) is 4. The van der Waals surface area contributed by atoms with Gasteiger partial charge in [0.1, 0.15) is 37.3 Å². The maximum absolute atomic E-state index is 11.3. The van der Waals surface area contributed by atoms with Crippen molar-refractivity contribution in [3.05, 3.63) is 120 Å². The van der Waals surface area contributed by atoms with E-state index in [9.17, 15) is 10.1 Å². The molecule has 0 saturated heterocycles. The Morgan fingerprint density at radius 3 is 2.46 bits per heavy atom. The molecule has 7 nitrogen and oxygen atoms in total. The number of unbranched alkanes of at least 4 members (excludes halogenated alkanes) is 1. The lowest BCUT2D eigenvalue weighted by Gasteiger charge is -2.19. The van der Waals surface area contributed by atoms with Gasteiger partial charge in [0.2, 0.25) is 6.33 Å². The summed E-state index contributed by atoms with van der Waals surface area (Å²) < 4.78 is 16.2. The molecule has 1 atom stereocenters. The first-order valence-electron chi connectivity index (χ1n) is 12.7. The summed E-state index contributed by atoms with van der Waals surface area (Å²) in [6, 6.07) is 15.3. The Hall–Kier alpha value is -2.33. The molecule has 12 heteroatoms. The summed E-state index contributed by atoms with van der Waals surface area (Å²) >= 11 is 25.4. The molecule has 3 aromatic carbocycles. The molecular weight excluding hydrogens is 676 g/mol. The predicted octanol–water partition coefficient (Wildman–Crippen LogP) is 5.49. The van der Waals surface area contributed by atoms with Gasteiger partial charge in [-0.2, -0.15) is 0 Å². The number of nitrogens with zero attached hydrogens (tertiary/aromatic N) is 3. The molecule has 1 aromatic heterocycles. The SMILES string of the molecule is CCCCOc1cc([N+](=O)[O-])ccc1C[n+]1ccn(CC(OCc2c(Cl)cccc2Cl)c2ccc(Cl)cc2Cl)c1.[Br-]. The van der Waals surface area contributed by atoms with Gasteiger partial charge in [-0.25, -0.2) is 9.13 Å². The van der Waals surface area contributed by atoms with Crippen molar-refractivity contribution in [1.29, 1.82) is 0 Å². The molecule has 0 spiro atoms. The molecule has 41 heavy (non-hydrogen) atoms. The molecule has 0 aliphatic carbocycles. The molecule has 1 unspecified atom stereocenters. The van der Waals surface area contributed by atoms with Crippen molar-refractivity contribution >= 4 is 52.1 Å². The fourth-order valence-corrected chi connectivity index (χ4v) is 5.17. The van der Waals surface area contributed by atoms with Gasteiger partial charge in [-0.3, -0.25) is 10.1 Å². The number of hydrogen-bond donors (Lipinski definition) is 0. The summed E-state index contributed by atoms with van der Waals surface area (Å²) in [5.74, 6) is 0.508. The summed E-state index contributed by atoms with van der Waals surface area (Å²) in [5, 5.41) is 13.4. The third-order valence-electron chi connectivity index (χ3n) is 6.29. The van der Waals surface area contributed by atoms with Crippen LogP contribution in [0.15, 0.2) is 73.3 Å². The first kappa shape index (κ1) is 33.2. The number of imidazole rings is 1. The second-order valence-corrected chi connectivity index (χ2v) is 10.9. The van der Waals surface area contributed by atoms with Gasteiger partial charge < -0.3 is 26.5 Å². The maximum Gasteiger partial charge on any atom is 0.273 e. The first-order chi connectivity index (χ1) is 19.2. The molecular formula is C29H28BrCl4N3O4. The van der Waals surface area contributed by atoms with Gasteiger partial charge in [-0.15, -0.1) is 0 Å². The number of non-ortho nitro benzene ring substituents is 1. The van der Waals surface area contributed by atoms with Crippen molar-refractivity contribution in [2.24, 2.45) is 0 Å². The Kier molecular flexibility index (Phi) is 12.8. The topological polar surface area (TPSA) is 70.4 Å². The van der Waals surface area contributed by atoms with Crippen LogP contribution in [-0.2, 0) is 24.4 Å². The smallest absolute Gasteiger partial charge is 0.273 e. The predicted molar refractivity (Wildman–Crippen MR) is 158 cm³/mol. The summed E-state index contributed by atoms with van der Waals surface area (Å²) in [7, 11) is 0. The van der Waals surface area contributed by atoms with Crippen molar-refractivity contribution in [2.75, 3.05) is 6.61 Å². The van der Waals surface area contributed by atoms with Crippen LogP contribution in [0.5, 0.6) is 5.75 Å². The van der Waals surface area contributed by atoms with Gasteiger partial charge in [0.05, 0.1) is 24.2 Å². The zero-order valence-corrected chi connectivity index (χ0v) is 26.7. The van der Waals surface area contributed by atoms with Crippen molar-refractivity contribution in [3.63, 3.8) is 0 Å². The molecule has 0 radical (unpaired) electrons. The Morgan fingerprint density at radius 1 is 1.02 bits per heavy atom. The molecule has 0 bridgehead atoms. The minimum atomic E-state index is -0.440. The molecule has 1 heterocycles. The Balaban J connectivity index is 0.00000462. The zero-order chi connectivity index (χ0) is 28.6. The maximum atomic E-state index is 11.3. The van der Waals surface area contributed by atoms with Crippen LogP contribution in [-0.4, -0.2) is 16.1 Å². The van der Waals surface area contributed by atoms with E-state index in [1.807, 2.05) is 33.9 Å². The van der Waals surface area contributed by atoms with E-state index in [2.05, 4.69) is 6.92 Å². The fourth-order valence-electron chi connectivity index (χ4n) is 4.13. The quantitative estimate of drug-likeness (QED) is 0.0800. The molecule has 0 saturated carbocycles. The van der Waals surface area contributed by atoms with Crippen molar-refractivity contribution in [3.8, 4) is 5.75 Å². The third kappa shape index (κ3) is 9.08. The highest BCUT2D eigenvalue weighted by atomic mass is 79.9. The average molecular weight is 704 g/mol. The van der Waals surface area contributed by atoms with Gasteiger partial charge in [0, 0.05) is 42.8 Å². The summed E-state index contributed by atoms with van der Waals surface area (Å²) in [4.78, 5) is 10.9. The highest BCUT2D eigenvalue weighted by Crippen LogP contribution is 2.33. The Bertz CT molecular complexity index is 1460. The summed E-state index contributed by atoms with van der Waals surface area (Å²) in [5.41, 5.74) is 2.30. The number of nitro groups is 1. The van der Waals surface area contributed by atoms with Crippen LogP contribution in [0.3, 0.4) is 0 Å². The molecule has 0 N–H and O–H groups in total. The molecule has 0 amide bonds. The van der Waals surface area contributed by atoms with E-state index >= 15 is 0 Å². The van der Waals surface area contributed by atoms with Gasteiger partial charge in [-0.05, 0) is 36.8 Å². The highest BCUT2D eigenvalue weighted by Gasteiger charge is 2.22. The van der Waals surface area contributed by atoms with Crippen molar-refractivity contribution < 1.29 is 35.9 Å². The van der Waals surface area contributed by atoms with E-state index < -0.39 is 11.0 Å². The molecule has 218 valence electrons. The third-order valence-corrected chi connectivity index (χ3v) is 7.56. The van der Waals surface area contributed by atoms with Gasteiger partial charge in [0.25, 0.3) is 5.69 Å². The van der Waals surface area contributed by atoms with Gasteiger partial charge in [0.15, 0.2) is 0 Å². The van der Waals surface area contributed by atoms with Crippen molar-refractivity contribution in [2.45, 2.75) is 45.6 Å². The number of ether oxygens (including phenoxy) is 2. The fraction of sp³-hybridized carbons (Fsp3) is 0.276. The largest absolute Gasteiger partial charge is 1.00 e. The molecule has 0 aliphatic rings. The van der Waals surface area contributed by atoms with Crippen molar-refractivity contribution in [1.82, 2.24) is 4.57 Å². The van der Waals surface area contributed by atoms with E-state index in [0.717, 1.165) is 24.0 Å². The minimum Gasteiger partial charge on any atom is -1.00 e. The monoisotopic (exact) mass is 701 g/mol. The average Bonchev–Trinajstić information content (AvgIpc) is 3.35. The van der Waals surface area contributed by atoms with Crippen LogP contribution >= 0.6 is 46.4 Å². The lowest BCUT2D eigenvalue weighted by atomic mass is 10.1. The summed E-state index contributed by atoms with van der Waals surface area (Å²) in [6.07, 6.45) is 7.16. The standard InChI is InChI=1S/C29H28Cl4N3O4.BrH/c1-2-3-13-39-28-15-22(36(37)38)9-7-20(28)16-34-11-12-35(19-34)17-29(23-10-8-21(30)14-27(23)33)40-18-24-25(31)5-4-6-26(24)32;/h4-12,14-15,19,29H,2-3,13,16-18H2,1H3;1H/q+1;/p-1. The molecule has 4 aromatic rings. The van der Waals surface area contributed by atoms with Crippen LogP contribution in [0.2, 0.25) is 20.1 Å².